The zero-order valence-electron chi connectivity index (χ0n) is 16.0. The second kappa shape index (κ2) is 7.45. The quantitative estimate of drug-likeness (QED) is 0.697. The van der Waals surface area contributed by atoms with Crippen LogP contribution in [-0.4, -0.2) is 33.9 Å². The van der Waals surface area contributed by atoms with E-state index in [1.54, 1.807) is 6.07 Å². The molecular weight excluding hydrogens is 382 g/mol. The summed E-state index contributed by atoms with van der Waals surface area (Å²) < 4.78 is 0.982. The molecule has 0 atom stereocenters. The molecule has 3 heterocycles. The summed E-state index contributed by atoms with van der Waals surface area (Å²) in [6.45, 7) is 1.70. The third-order valence-electron chi connectivity index (χ3n) is 5.74. The Morgan fingerprint density at radius 2 is 2.00 bits per heavy atom. The van der Waals surface area contributed by atoms with Crippen molar-refractivity contribution in [2.75, 3.05) is 18.4 Å². The molecule has 2 aromatic heterocycles. The van der Waals surface area contributed by atoms with Crippen LogP contribution in [0.1, 0.15) is 42.7 Å². The van der Waals surface area contributed by atoms with Gasteiger partial charge in [-0.1, -0.05) is 11.3 Å². The number of nitrogens with one attached hydrogen (secondary N) is 1. The Kier molecular flexibility index (Phi) is 4.64. The van der Waals surface area contributed by atoms with E-state index in [0.717, 1.165) is 59.9 Å². The van der Waals surface area contributed by atoms with Crippen LogP contribution in [0.15, 0.2) is 36.5 Å². The first-order chi connectivity index (χ1) is 14.2. The van der Waals surface area contributed by atoms with Gasteiger partial charge in [0, 0.05) is 25.2 Å². The van der Waals surface area contributed by atoms with Crippen molar-refractivity contribution in [1.82, 2.24) is 14.9 Å². The SMILES string of the molecule is N#Cc1ccc2nc(Nc3cc(C4CCN(C(=O)C5CC5)CC4)ccn3)sc2c1. The average Bonchev–Trinajstić information content (AvgIpc) is 3.53. The zero-order chi connectivity index (χ0) is 19.8. The fourth-order valence-corrected chi connectivity index (χ4v) is 4.86. The van der Waals surface area contributed by atoms with E-state index in [1.807, 2.05) is 23.2 Å². The highest BCUT2D eigenvalue weighted by atomic mass is 32.1. The summed E-state index contributed by atoms with van der Waals surface area (Å²) in [5.74, 6) is 1.89. The third kappa shape index (κ3) is 3.81. The van der Waals surface area contributed by atoms with E-state index < -0.39 is 0 Å². The number of hydrogen-bond acceptors (Lipinski definition) is 6. The maximum Gasteiger partial charge on any atom is 0.225 e. The summed E-state index contributed by atoms with van der Waals surface area (Å²) in [5, 5.41) is 13.1. The van der Waals surface area contributed by atoms with Crippen LogP contribution in [0.5, 0.6) is 0 Å². The van der Waals surface area contributed by atoms with Gasteiger partial charge in [-0.3, -0.25) is 4.79 Å². The molecule has 1 aromatic carbocycles. The number of aromatic nitrogens is 2. The fourth-order valence-electron chi connectivity index (χ4n) is 3.95. The number of hydrogen-bond donors (Lipinski definition) is 1. The van der Waals surface area contributed by atoms with E-state index in [-0.39, 0.29) is 0 Å². The van der Waals surface area contributed by atoms with E-state index in [9.17, 15) is 4.79 Å². The number of rotatable bonds is 4. The highest BCUT2D eigenvalue weighted by Gasteiger charge is 2.35. The minimum atomic E-state index is 0.307. The molecule has 146 valence electrons. The number of nitrogens with zero attached hydrogens (tertiary/aromatic N) is 4. The molecule has 7 heteroatoms. The molecule has 0 unspecified atom stereocenters. The van der Waals surface area contributed by atoms with E-state index in [2.05, 4.69) is 33.5 Å². The highest BCUT2D eigenvalue weighted by Crippen LogP contribution is 2.35. The van der Waals surface area contributed by atoms with Gasteiger partial charge < -0.3 is 10.2 Å². The van der Waals surface area contributed by atoms with Crippen LogP contribution in [0.3, 0.4) is 0 Å². The Morgan fingerprint density at radius 3 is 2.76 bits per heavy atom. The third-order valence-corrected chi connectivity index (χ3v) is 6.67. The van der Waals surface area contributed by atoms with Gasteiger partial charge in [-0.25, -0.2) is 9.97 Å². The lowest BCUT2D eigenvalue weighted by atomic mass is 9.90. The molecule has 1 aliphatic carbocycles. The van der Waals surface area contributed by atoms with Gasteiger partial charge in [0.25, 0.3) is 0 Å². The number of thiazole rings is 1. The second-order valence-electron chi connectivity index (χ2n) is 7.79. The van der Waals surface area contributed by atoms with Crippen LogP contribution in [0.4, 0.5) is 10.9 Å². The summed E-state index contributed by atoms with van der Waals surface area (Å²) in [7, 11) is 0. The average molecular weight is 404 g/mol. The zero-order valence-corrected chi connectivity index (χ0v) is 16.8. The lowest BCUT2D eigenvalue weighted by Gasteiger charge is -2.32. The minimum Gasteiger partial charge on any atom is -0.342 e. The molecule has 5 rings (SSSR count). The first-order valence-electron chi connectivity index (χ1n) is 10.0. The van der Waals surface area contributed by atoms with Gasteiger partial charge in [0.05, 0.1) is 21.8 Å². The molecule has 0 spiro atoms. The molecule has 2 aliphatic rings. The summed E-state index contributed by atoms with van der Waals surface area (Å²) in [5.41, 5.74) is 2.77. The molecule has 6 nitrogen and oxygen atoms in total. The van der Waals surface area contributed by atoms with E-state index in [1.165, 1.54) is 16.9 Å². The van der Waals surface area contributed by atoms with Crippen LogP contribution < -0.4 is 5.32 Å². The first kappa shape index (κ1) is 18.1. The smallest absolute Gasteiger partial charge is 0.225 e. The van der Waals surface area contributed by atoms with Gasteiger partial charge in [-0.15, -0.1) is 0 Å². The monoisotopic (exact) mass is 403 g/mol. The number of fused-ring (bicyclic) bond motifs is 1. The van der Waals surface area contributed by atoms with Gasteiger partial charge in [0.1, 0.15) is 5.82 Å². The summed E-state index contributed by atoms with van der Waals surface area (Å²) in [6, 6.07) is 11.8. The van der Waals surface area contributed by atoms with Crippen molar-refractivity contribution >= 4 is 38.4 Å². The predicted octanol–water partition coefficient (Wildman–Crippen LogP) is 4.42. The number of benzene rings is 1. The largest absolute Gasteiger partial charge is 0.342 e. The number of pyridine rings is 1. The molecule has 3 aromatic rings. The Morgan fingerprint density at radius 1 is 1.17 bits per heavy atom. The van der Waals surface area contributed by atoms with Crippen molar-refractivity contribution in [2.45, 2.75) is 31.6 Å². The predicted molar refractivity (Wildman–Crippen MR) is 113 cm³/mol. The normalized spacial score (nSPS) is 17.3. The van der Waals surface area contributed by atoms with Crippen LogP contribution in [-0.2, 0) is 4.79 Å². The van der Waals surface area contributed by atoms with Gasteiger partial charge in [0.15, 0.2) is 5.13 Å². The van der Waals surface area contributed by atoms with Crippen molar-refractivity contribution in [3.8, 4) is 6.07 Å². The maximum absolute atomic E-state index is 12.3. The van der Waals surface area contributed by atoms with Gasteiger partial charge in [-0.05, 0) is 67.5 Å². The second-order valence-corrected chi connectivity index (χ2v) is 8.82. The van der Waals surface area contributed by atoms with Crippen molar-refractivity contribution in [3.05, 3.63) is 47.7 Å². The number of likely N-dealkylation sites (tertiary alicyclic amines) is 1. The molecule has 1 N–H and O–H groups in total. The molecule has 1 saturated carbocycles. The van der Waals surface area contributed by atoms with Crippen molar-refractivity contribution in [1.29, 1.82) is 5.26 Å². The van der Waals surface area contributed by atoms with Crippen LogP contribution >= 0.6 is 11.3 Å². The molecular formula is C22H21N5OS. The lowest BCUT2D eigenvalue weighted by molar-refractivity contribution is -0.133. The van der Waals surface area contributed by atoms with Gasteiger partial charge >= 0.3 is 0 Å². The minimum absolute atomic E-state index is 0.307. The first-order valence-corrected chi connectivity index (χ1v) is 10.8. The molecule has 0 bridgehead atoms. The van der Waals surface area contributed by atoms with Crippen LogP contribution in [0.25, 0.3) is 10.2 Å². The van der Waals surface area contributed by atoms with Crippen molar-refractivity contribution in [2.24, 2.45) is 5.92 Å². The maximum atomic E-state index is 12.3. The van der Waals surface area contributed by atoms with E-state index in [4.69, 9.17) is 5.26 Å². The molecule has 29 heavy (non-hydrogen) atoms. The number of carbonyl (C=O) groups excluding carboxylic acids is 1. The van der Waals surface area contributed by atoms with Crippen molar-refractivity contribution in [3.63, 3.8) is 0 Å². The van der Waals surface area contributed by atoms with Gasteiger partial charge in [0.2, 0.25) is 5.91 Å². The van der Waals surface area contributed by atoms with Crippen LogP contribution in [0.2, 0.25) is 0 Å². The van der Waals surface area contributed by atoms with E-state index in [0.29, 0.717) is 23.3 Å². The Labute approximate surface area is 173 Å². The Hall–Kier alpha value is -2.98. The molecule has 1 aliphatic heterocycles. The van der Waals surface area contributed by atoms with Crippen molar-refractivity contribution < 1.29 is 4.79 Å². The number of anilines is 2. The molecule has 1 amide bonds. The standard InChI is InChI=1S/C22H21N5OS/c23-13-14-1-4-18-19(11-14)29-22(25-18)26-20-12-17(5-8-24-20)15-6-9-27(10-7-15)21(28)16-2-3-16/h1,4-5,8,11-12,15-16H,2-3,6-7,9-10H2,(H,24,25,26). The summed E-state index contributed by atoms with van der Waals surface area (Å²) in [6.07, 6.45) is 5.98. The highest BCUT2D eigenvalue weighted by molar-refractivity contribution is 7.22. The van der Waals surface area contributed by atoms with E-state index >= 15 is 0 Å². The Bertz CT molecular complexity index is 1110. The number of nitriles is 1. The Balaban J connectivity index is 1.28. The lowest BCUT2D eigenvalue weighted by Crippen LogP contribution is -2.38. The number of amides is 1. The molecule has 2 fully saturated rings. The summed E-state index contributed by atoms with van der Waals surface area (Å²) in [4.78, 5) is 23.3. The van der Waals surface area contributed by atoms with Crippen LogP contribution in [0, 0.1) is 17.2 Å². The topological polar surface area (TPSA) is 81.9 Å². The number of piperidine rings is 1. The fraction of sp³-hybridized carbons (Fsp3) is 0.364. The van der Waals surface area contributed by atoms with Gasteiger partial charge in [-0.2, -0.15) is 5.26 Å². The number of carbonyl (C=O) groups is 1. The molecule has 0 radical (unpaired) electrons. The summed E-state index contributed by atoms with van der Waals surface area (Å²) >= 11 is 1.52. The molecule has 1 saturated heterocycles.